The number of benzene rings is 1. The standard InChI is InChI=1S/C20H20F2N4/c1-14-8-24-20(26(14)10-15-3-2-6-23-9-15)17-12-25(13-17)11-16-4-5-18(21)7-19(16)22/h2-9,17H,10-13H2,1H3. The first-order chi connectivity index (χ1) is 12.6. The Kier molecular flexibility index (Phi) is 4.51. The summed E-state index contributed by atoms with van der Waals surface area (Å²) in [7, 11) is 0. The molecule has 134 valence electrons. The van der Waals surface area contributed by atoms with Gasteiger partial charge in [0.25, 0.3) is 0 Å². The zero-order valence-corrected chi connectivity index (χ0v) is 14.6. The van der Waals surface area contributed by atoms with Crippen molar-refractivity contribution >= 4 is 0 Å². The van der Waals surface area contributed by atoms with Crippen LogP contribution in [0.3, 0.4) is 0 Å². The molecule has 1 aliphatic heterocycles. The van der Waals surface area contributed by atoms with Crippen molar-refractivity contribution in [2.75, 3.05) is 13.1 Å². The Labute approximate surface area is 151 Å². The van der Waals surface area contributed by atoms with Gasteiger partial charge in [-0.2, -0.15) is 0 Å². The molecule has 0 bridgehead atoms. The molecule has 3 heterocycles. The van der Waals surface area contributed by atoms with Gasteiger partial charge < -0.3 is 4.57 Å². The van der Waals surface area contributed by atoms with Gasteiger partial charge in [-0.25, -0.2) is 13.8 Å². The van der Waals surface area contributed by atoms with Gasteiger partial charge in [-0.15, -0.1) is 0 Å². The molecule has 1 saturated heterocycles. The van der Waals surface area contributed by atoms with Crippen LogP contribution in [0.25, 0.3) is 0 Å². The zero-order chi connectivity index (χ0) is 18.1. The third-order valence-electron chi connectivity index (χ3n) is 4.88. The van der Waals surface area contributed by atoms with E-state index in [2.05, 4.69) is 32.4 Å². The monoisotopic (exact) mass is 354 g/mol. The summed E-state index contributed by atoms with van der Waals surface area (Å²) in [6.07, 6.45) is 5.53. The number of rotatable bonds is 5. The van der Waals surface area contributed by atoms with Gasteiger partial charge >= 0.3 is 0 Å². The number of nitrogens with zero attached hydrogens (tertiary/aromatic N) is 4. The van der Waals surface area contributed by atoms with Crippen LogP contribution in [0.15, 0.2) is 48.9 Å². The van der Waals surface area contributed by atoms with E-state index in [1.807, 2.05) is 18.5 Å². The third-order valence-corrected chi connectivity index (χ3v) is 4.88. The van der Waals surface area contributed by atoms with E-state index in [4.69, 9.17) is 0 Å². The van der Waals surface area contributed by atoms with Gasteiger partial charge in [-0.05, 0) is 24.6 Å². The van der Waals surface area contributed by atoms with Crippen molar-refractivity contribution in [1.29, 1.82) is 0 Å². The first kappa shape index (κ1) is 16.8. The van der Waals surface area contributed by atoms with Gasteiger partial charge in [0, 0.05) is 61.5 Å². The first-order valence-corrected chi connectivity index (χ1v) is 8.67. The van der Waals surface area contributed by atoms with Crippen LogP contribution in [0, 0.1) is 18.6 Å². The predicted octanol–water partition coefficient (Wildman–Crippen LogP) is 3.51. The number of hydrogen-bond acceptors (Lipinski definition) is 3. The second kappa shape index (κ2) is 6.96. The summed E-state index contributed by atoms with van der Waals surface area (Å²) in [4.78, 5) is 10.9. The van der Waals surface area contributed by atoms with E-state index in [0.717, 1.165) is 42.8 Å². The second-order valence-corrected chi connectivity index (χ2v) is 6.83. The highest BCUT2D eigenvalue weighted by atomic mass is 19.1. The summed E-state index contributed by atoms with van der Waals surface area (Å²) in [5.41, 5.74) is 2.78. The maximum atomic E-state index is 13.8. The van der Waals surface area contributed by atoms with Gasteiger partial charge in [0.05, 0.1) is 6.54 Å². The number of imidazole rings is 1. The number of halogens is 2. The van der Waals surface area contributed by atoms with Gasteiger partial charge in [0.1, 0.15) is 17.5 Å². The van der Waals surface area contributed by atoms with Crippen molar-refractivity contribution in [3.63, 3.8) is 0 Å². The van der Waals surface area contributed by atoms with Crippen LogP contribution in [-0.4, -0.2) is 32.5 Å². The summed E-state index contributed by atoms with van der Waals surface area (Å²) in [5.74, 6) is 0.356. The molecule has 0 spiro atoms. The van der Waals surface area contributed by atoms with E-state index in [0.29, 0.717) is 18.0 Å². The molecule has 0 radical (unpaired) electrons. The molecular formula is C20H20F2N4. The number of aromatic nitrogens is 3. The molecule has 2 aromatic heterocycles. The number of pyridine rings is 1. The Morgan fingerprint density at radius 2 is 1.96 bits per heavy atom. The summed E-state index contributed by atoms with van der Waals surface area (Å²) in [6.45, 7) is 4.93. The van der Waals surface area contributed by atoms with Crippen LogP contribution in [0.1, 0.15) is 28.6 Å². The van der Waals surface area contributed by atoms with Crippen LogP contribution in [0.2, 0.25) is 0 Å². The lowest BCUT2D eigenvalue weighted by Gasteiger charge is -2.39. The summed E-state index contributed by atoms with van der Waals surface area (Å²) < 4.78 is 29.1. The molecule has 26 heavy (non-hydrogen) atoms. The lowest BCUT2D eigenvalue weighted by molar-refractivity contribution is 0.131. The average Bonchev–Trinajstić information content (AvgIpc) is 2.94. The zero-order valence-electron chi connectivity index (χ0n) is 14.6. The maximum absolute atomic E-state index is 13.8. The molecule has 0 saturated carbocycles. The van der Waals surface area contributed by atoms with E-state index >= 15 is 0 Å². The van der Waals surface area contributed by atoms with E-state index in [1.54, 1.807) is 6.20 Å². The van der Waals surface area contributed by atoms with Crippen LogP contribution >= 0.6 is 0 Å². The molecule has 1 aromatic carbocycles. The molecule has 0 unspecified atom stereocenters. The Hall–Kier alpha value is -2.60. The molecule has 4 rings (SSSR count). The van der Waals surface area contributed by atoms with Crippen LogP contribution in [0.5, 0.6) is 0 Å². The highest BCUT2D eigenvalue weighted by Crippen LogP contribution is 2.29. The highest BCUT2D eigenvalue weighted by molar-refractivity contribution is 5.21. The largest absolute Gasteiger partial charge is 0.328 e. The Morgan fingerprint density at radius 3 is 2.69 bits per heavy atom. The van der Waals surface area contributed by atoms with Gasteiger partial charge in [0.2, 0.25) is 0 Å². The quantitative estimate of drug-likeness (QED) is 0.703. The lowest BCUT2D eigenvalue weighted by Crippen LogP contribution is -2.45. The Bertz CT molecular complexity index is 901. The van der Waals surface area contributed by atoms with Crippen molar-refractivity contribution < 1.29 is 8.78 Å². The molecule has 4 nitrogen and oxygen atoms in total. The van der Waals surface area contributed by atoms with Crippen LogP contribution in [0.4, 0.5) is 8.78 Å². The Morgan fingerprint density at radius 1 is 1.12 bits per heavy atom. The topological polar surface area (TPSA) is 34.0 Å². The summed E-state index contributed by atoms with van der Waals surface area (Å²) in [6, 6.07) is 7.76. The number of likely N-dealkylation sites (tertiary alicyclic amines) is 1. The fourth-order valence-electron chi connectivity index (χ4n) is 3.44. The average molecular weight is 354 g/mol. The van der Waals surface area contributed by atoms with E-state index < -0.39 is 11.6 Å². The molecule has 1 aliphatic rings. The Balaban J connectivity index is 1.43. The third kappa shape index (κ3) is 3.37. The smallest absolute Gasteiger partial charge is 0.130 e. The van der Waals surface area contributed by atoms with Gasteiger partial charge in [-0.1, -0.05) is 12.1 Å². The van der Waals surface area contributed by atoms with Gasteiger partial charge in [0.15, 0.2) is 0 Å². The minimum absolute atomic E-state index is 0.323. The predicted molar refractivity (Wildman–Crippen MR) is 94.7 cm³/mol. The second-order valence-electron chi connectivity index (χ2n) is 6.83. The number of aryl methyl sites for hydroxylation is 1. The highest BCUT2D eigenvalue weighted by Gasteiger charge is 2.32. The lowest BCUT2D eigenvalue weighted by atomic mass is 9.98. The van der Waals surface area contributed by atoms with E-state index in [-0.39, 0.29) is 0 Å². The molecule has 0 aliphatic carbocycles. The molecular weight excluding hydrogens is 334 g/mol. The molecule has 3 aromatic rings. The van der Waals surface area contributed by atoms with Crippen LogP contribution in [-0.2, 0) is 13.1 Å². The SMILES string of the molecule is Cc1cnc(C2CN(Cc3ccc(F)cc3F)C2)n1Cc1cccnc1. The minimum atomic E-state index is -0.541. The van der Waals surface area contributed by atoms with E-state index in [1.165, 1.54) is 12.1 Å². The molecule has 0 N–H and O–H groups in total. The number of hydrogen-bond donors (Lipinski definition) is 0. The normalized spacial score (nSPS) is 15.2. The van der Waals surface area contributed by atoms with Crippen molar-refractivity contribution in [2.45, 2.75) is 25.9 Å². The van der Waals surface area contributed by atoms with Crippen LogP contribution < -0.4 is 0 Å². The fourth-order valence-corrected chi connectivity index (χ4v) is 3.44. The van der Waals surface area contributed by atoms with E-state index in [9.17, 15) is 8.78 Å². The molecule has 1 fully saturated rings. The maximum Gasteiger partial charge on any atom is 0.130 e. The first-order valence-electron chi connectivity index (χ1n) is 8.67. The molecule has 0 atom stereocenters. The van der Waals surface area contributed by atoms with Gasteiger partial charge in [-0.3, -0.25) is 9.88 Å². The van der Waals surface area contributed by atoms with Crippen molar-refractivity contribution in [2.24, 2.45) is 0 Å². The minimum Gasteiger partial charge on any atom is -0.328 e. The summed E-state index contributed by atoms with van der Waals surface area (Å²) in [5, 5.41) is 0. The van der Waals surface area contributed by atoms with Crippen molar-refractivity contribution in [1.82, 2.24) is 19.4 Å². The fraction of sp³-hybridized carbons (Fsp3) is 0.300. The molecule has 6 heteroatoms. The molecule has 0 amide bonds. The van der Waals surface area contributed by atoms with Crippen molar-refractivity contribution in [3.8, 4) is 0 Å². The summed E-state index contributed by atoms with van der Waals surface area (Å²) >= 11 is 0. The van der Waals surface area contributed by atoms with Crippen molar-refractivity contribution in [3.05, 3.63) is 83.2 Å².